The molecule has 4 aliphatic carbocycles. The molecule has 6 amide bonds. The van der Waals surface area contributed by atoms with Gasteiger partial charge in [-0.3, -0.25) is 28.9 Å². The summed E-state index contributed by atoms with van der Waals surface area (Å²) in [6.07, 6.45) is 5.23. The minimum Gasteiger partial charge on any atom is -0.496 e. The van der Waals surface area contributed by atoms with E-state index in [0.29, 0.717) is 74.7 Å². The van der Waals surface area contributed by atoms with Gasteiger partial charge in [0.2, 0.25) is 23.6 Å². The topological polar surface area (TPSA) is 251 Å². The van der Waals surface area contributed by atoms with Gasteiger partial charge in [0.25, 0.3) is 5.91 Å². The summed E-state index contributed by atoms with van der Waals surface area (Å²) in [5.41, 5.74) is -0.845. The summed E-state index contributed by atoms with van der Waals surface area (Å²) in [7, 11) is 3.58. The standard InChI is InChI=1S/C48H62N10O8/c1-47(21-38(44(62)53-30(22-49)16-26-9-12-51-41(26)59)58(25-47)46(64)66-31-10-13-57(2)14-11-31)19-29-15-28(29)17-36(55-42(60)37-18-32-35(54-37)5-4-6-39(32)65-3)43(61)56-48(24-50)20-27-7-8-34(48)40-33(27)23-52-45(40)63/h4-6,18,26-31,33-34,36,38,40,54H,7-17,19-21,23,25H2,1-3H3,(H,51,59)(H,52,63)(H,53,62)(H,55,60)(H,56,61). The Labute approximate surface area is 384 Å². The predicted molar refractivity (Wildman–Crippen MR) is 238 cm³/mol. The van der Waals surface area contributed by atoms with Crippen LogP contribution in [0.3, 0.4) is 0 Å². The van der Waals surface area contributed by atoms with Crippen LogP contribution in [0.5, 0.6) is 5.75 Å². The zero-order chi connectivity index (χ0) is 46.5. The highest BCUT2D eigenvalue weighted by molar-refractivity contribution is 6.01. The molecule has 66 heavy (non-hydrogen) atoms. The molecule has 12 unspecified atom stereocenters. The third-order valence-corrected chi connectivity index (χ3v) is 16.2. The average molecular weight is 907 g/mol. The van der Waals surface area contributed by atoms with E-state index in [2.05, 4.69) is 48.6 Å². The highest BCUT2D eigenvalue weighted by Gasteiger charge is 2.62. The van der Waals surface area contributed by atoms with E-state index in [4.69, 9.17) is 9.47 Å². The molecule has 12 atom stereocenters. The number of aromatic amines is 1. The second-order valence-electron chi connectivity index (χ2n) is 20.7. The summed E-state index contributed by atoms with van der Waals surface area (Å²) in [5, 5.41) is 36.2. The van der Waals surface area contributed by atoms with E-state index in [9.17, 15) is 39.3 Å². The van der Waals surface area contributed by atoms with Crippen molar-refractivity contribution in [2.45, 2.75) is 107 Å². The first-order valence-electron chi connectivity index (χ1n) is 23.8. The summed E-state index contributed by atoms with van der Waals surface area (Å²) in [4.78, 5) is 89.0. The maximum Gasteiger partial charge on any atom is 0.410 e. The van der Waals surface area contributed by atoms with Crippen LogP contribution in [0.25, 0.3) is 10.9 Å². The van der Waals surface area contributed by atoms with E-state index in [-0.39, 0.29) is 84.4 Å². The van der Waals surface area contributed by atoms with Crippen molar-refractivity contribution in [1.82, 2.24) is 41.4 Å². The van der Waals surface area contributed by atoms with Crippen LogP contribution < -0.4 is 31.3 Å². The number of piperidine rings is 1. The van der Waals surface area contributed by atoms with Crippen LogP contribution in [0.15, 0.2) is 24.3 Å². The summed E-state index contributed by atoms with van der Waals surface area (Å²) in [6, 6.07) is 8.90. The van der Waals surface area contributed by atoms with E-state index in [1.807, 2.05) is 26.1 Å². The summed E-state index contributed by atoms with van der Waals surface area (Å²) >= 11 is 0. The van der Waals surface area contributed by atoms with E-state index in [1.54, 1.807) is 19.2 Å². The van der Waals surface area contributed by atoms with Crippen LogP contribution in [0.4, 0.5) is 4.79 Å². The summed E-state index contributed by atoms with van der Waals surface area (Å²) in [5.74, 6) is -1.77. The van der Waals surface area contributed by atoms with E-state index >= 15 is 0 Å². The number of amides is 6. The zero-order valence-corrected chi connectivity index (χ0v) is 38.0. The van der Waals surface area contributed by atoms with Crippen LogP contribution in [-0.2, 0) is 23.9 Å². The summed E-state index contributed by atoms with van der Waals surface area (Å²) < 4.78 is 11.5. The number of nitrogens with zero attached hydrogens (tertiary/aromatic N) is 4. The van der Waals surface area contributed by atoms with Gasteiger partial charge in [0, 0.05) is 61.4 Å². The Morgan fingerprint density at radius 2 is 1.79 bits per heavy atom. The van der Waals surface area contributed by atoms with Gasteiger partial charge in [0.15, 0.2) is 0 Å². The molecule has 352 valence electrons. The number of hydrogen-bond donors (Lipinski definition) is 6. The molecule has 6 N–H and O–H groups in total. The van der Waals surface area contributed by atoms with Gasteiger partial charge in [0.1, 0.15) is 41.2 Å². The first-order valence-corrected chi connectivity index (χ1v) is 23.8. The van der Waals surface area contributed by atoms with Crippen LogP contribution >= 0.6 is 0 Å². The lowest BCUT2D eigenvalue weighted by Gasteiger charge is -2.53. The van der Waals surface area contributed by atoms with E-state index < -0.39 is 52.9 Å². The number of carbonyl (C=O) groups excluding carboxylic acids is 6. The molecule has 0 spiro atoms. The Bertz CT molecular complexity index is 2350. The molecule has 4 saturated carbocycles. The van der Waals surface area contributed by atoms with Crippen molar-refractivity contribution in [2.24, 2.45) is 46.8 Å². The zero-order valence-electron chi connectivity index (χ0n) is 38.0. The fourth-order valence-corrected chi connectivity index (χ4v) is 12.7. The van der Waals surface area contributed by atoms with Crippen LogP contribution in [0.2, 0.25) is 0 Å². The van der Waals surface area contributed by atoms with Crippen LogP contribution in [0, 0.1) is 69.5 Å². The monoisotopic (exact) mass is 906 g/mol. The van der Waals surface area contributed by atoms with Crippen molar-refractivity contribution in [1.29, 1.82) is 10.5 Å². The average Bonchev–Trinajstić information content (AvgIpc) is 3.73. The fraction of sp³-hybridized carbons (Fsp3) is 0.667. The van der Waals surface area contributed by atoms with Gasteiger partial charge in [-0.25, -0.2) is 4.79 Å². The Kier molecular flexibility index (Phi) is 12.4. The molecule has 18 nitrogen and oxygen atoms in total. The molecule has 2 aromatic rings. The molecule has 18 heteroatoms. The highest BCUT2D eigenvalue weighted by Crippen LogP contribution is 2.56. The number of H-pyrrole nitrogens is 1. The lowest BCUT2D eigenvalue weighted by Crippen LogP contribution is -2.65. The first-order chi connectivity index (χ1) is 31.7. The number of benzene rings is 1. The third-order valence-electron chi connectivity index (χ3n) is 16.2. The maximum absolute atomic E-state index is 14.6. The first kappa shape index (κ1) is 45.3. The molecular weight excluding hydrogens is 845 g/mol. The second kappa shape index (κ2) is 18.1. The number of ether oxygens (including phenoxy) is 2. The Morgan fingerprint density at radius 1 is 0.985 bits per heavy atom. The molecule has 4 aliphatic heterocycles. The number of carbonyl (C=O) groups is 6. The minimum atomic E-state index is -1.25. The molecule has 8 aliphatic rings. The van der Waals surface area contributed by atoms with Crippen molar-refractivity contribution in [3.63, 3.8) is 0 Å². The number of likely N-dealkylation sites (tertiary alicyclic amines) is 2. The minimum absolute atomic E-state index is 0.000417. The molecule has 10 rings (SSSR count). The number of hydrogen-bond acceptors (Lipinski definition) is 11. The lowest BCUT2D eigenvalue weighted by atomic mass is 9.52. The van der Waals surface area contributed by atoms with Gasteiger partial charge >= 0.3 is 6.09 Å². The Balaban J connectivity index is 0.915. The fourth-order valence-electron chi connectivity index (χ4n) is 12.7. The van der Waals surface area contributed by atoms with Gasteiger partial charge < -0.3 is 45.9 Å². The van der Waals surface area contributed by atoms with Gasteiger partial charge in [-0.1, -0.05) is 13.0 Å². The van der Waals surface area contributed by atoms with E-state index in [1.165, 1.54) is 4.90 Å². The van der Waals surface area contributed by atoms with Crippen molar-refractivity contribution in [2.75, 3.05) is 46.9 Å². The third kappa shape index (κ3) is 8.88. The lowest BCUT2D eigenvalue weighted by molar-refractivity contribution is -0.135. The molecule has 5 heterocycles. The Morgan fingerprint density at radius 3 is 2.52 bits per heavy atom. The van der Waals surface area contributed by atoms with Gasteiger partial charge in [0.05, 0.1) is 19.2 Å². The van der Waals surface area contributed by atoms with E-state index in [0.717, 1.165) is 25.9 Å². The van der Waals surface area contributed by atoms with Crippen molar-refractivity contribution in [3.8, 4) is 17.9 Å². The molecule has 0 radical (unpaired) electrons. The van der Waals surface area contributed by atoms with Crippen molar-refractivity contribution >= 4 is 46.5 Å². The smallest absolute Gasteiger partial charge is 0.410 e. The largest absolute Gasteiger partial charge is 0.496 e. The van der Waals surface area contributed by atoms with Gasteiger partial charge in [-0.05, 0) is 125 Å². The SMILES string of the molecule is COc1cccc2[nH]c(C(=O)NC(CC3CC3CC3(C)CC(C(=O)NC(C#N)CC4CCNC4=O)N(C(=O)OC4CCN(C)CC4)C3)C(=O)NC3(C#N)CC4CCC3C3C(=O)NCC43)cc12. The molecule has 8 fully saturated rings. The van der Waals surface area contributed by atoms with Crippen molar-refractivity contribution in [3.05, 3.63) is 30.0 Å². The second-order valence-corrected chi connectivity index (χ2v) is 20.7. The quantitative estimate of drug-likeness (QED) is 0.161. The number of nitriles is 2. The molecule has 1 aromatic heterocycles. The summed E-state index contributed by atoms with van der Waals surface area (Å²) in [6.45, 7) is 4.97. The number of rotatable bonds is 14. The predicted octanol–water partition coefficient (Wildman–Crippen LogP) is 2.71. The highest BCUT2D eigenvalue weighted by atomic mass is 16.6. The number of fused-ring (bicyclic) bond motifs is 3. The molecule has 4 saturated heterocycles. The Hall–Kier alpha value is -5.88. The normalized spacial score (nSPS) is 33.4. The van der Waals surface area contributed by atoms with Gasteiger partial charge in [-0.15, -0.1) is 0 Å². The number of nitrogens with one attached hydrogen (secondary N) is 6. The molecular formula is C48H62N10O8. The van der Waals surface area contributed by atoms with Gasteiger partial charge in [-0.2, -0.15) is 10.5 Å². The van der Waals surface area contributed by atoms with Crippen molar-refractivity contribution < 1.29 is 38.2 Å². The molecule has 2 bridgehead atoms. The number of methoxy groups -OCH3 is 1. The molecule has 1 aromatic carbocycles. The maximum atomic E-state index is 14.6. The van der Waals surface area contributed by atoms with Crippen LogP contribution in [-0.4, -0.2) is 127 Å². The number of aromatic nitrogens is 1. The van der Waals surface area contributed by atoms with Crippen LogP contribution in [0.1, 0.15) is 88.0 Å².